The molecule has 2 aromatic rings. The van der Waals surface area contributed by atoms with E-state index < -0.39 is 4.92 Å². The summed E-state index contributed by atoms with van der Waals surface area (Å²) in [6.45, 7) is 4.31. The van der Waals surface area contributed by atoms with E-state index in [0.717, 1.165) is 29.9 Å². The highest BCUT2D eigenvalue weighted by Crippen LogP contribution is 2.42. The molecule has 1 saturated heterocycles. The van der Waals surface area contributed by atoms with Crippen molar-refractivity contribution in [3.8, 4) is 5.69 Å². The first kappa shape index (κ1) is 17.7. The molecule has 0 N–H and O–H groups in total. The lowest BCUT2D eigenvalue weighted by Gasteiger charge is -2.27. The number of morpholine rings is 1. The number of aromatic nitrogens is 2. The number of benzene rings is 1. The SMILES string of the molecule is CCc1c(C(=O)N2CCOCC2)c(C2CC2)nn1-c1ccc([N+](=O)[O-])cc1. The molecule has 8 nitrogen and oxygen atoms in total. The van der Waals surface area contributed by atoms with Crippen molar-refractivity contribution < 1.29 is 14.5 Å². The van der Waals surface area contributed by atoms with Gasteiger partial charge in [-0.3, -0.25) is 14.9 Å². The van der Waals surface area contributed by atoms with Crippen molar-refractivity contribution in [3.05, 3.63) is 51.3 Å². The Bertz CT molecular complexity index is 865. The normalized spacial score (nSPS) is 17.1. The summed E-state index contributed by atoms with van der Waals surface area (Å²) in [5.41, 5.74) is 3.21. The van der Waals surface area contributed by atoms with Crippen molar-refractivity contribution in [3.63, 3.8) is 0 Å². The first-order valence-electron chi connectivity index (χ1n) is 9.33. The van der Waals surface area contributed by atoms with Crippen molar-refractivity contribution in [2.45, 2.75) is 32.1 Å². The van der Waals surface area contributed by atoms with Gasteiger partial charge in [0, 0.05) is 31.1 Å². The summed E-state index contributed by atoms with van der Waals surface area (Å²) in [5, 5.41) is 15.7. The second-order valence-corrected chi connectivity index (χ2v) is 6.92. The number of nitrogens with zero attached hydrogens (tertiary/aromatic N) is 4. The van der Waals surface area contributed by atoms with Crippen LogP contribution < -0.4 is 0 Å². The van der Waals surface area contributed by atoms with Crippen molar-refractivity contribution in [1.82, 2.24) is 14.7 Å². The van der Waals surface area contributed by atoms with Crippen LogP contribution in [0.25, 0.3) is 5.69 Å². The van der Waals surface area contributed by atoms with Crippen LogP contribution in [0.5, 0.6) is 0 Å². The minimum atomic E-state index is -0.420. The van der Waals surface area contributed by atoms with E-state index in [4.69, 9.17) is 9.84 Å². The molecule has 1 aliphatic carbocycles. The van der Waals surface area contributed by atoms with Crippen molar-refractivity contribution in [1.29, 1.82) is 0 Å². The average Bonchev–Trinajstić information content (AvgIpc) is 3.48. The van der Waals surface area contributed by atoms with Gasteiger partial charge in [-0.05, 0) is 31.4 Å². The third kappa shape index (κ3) is 3.32. The Hall–Kier alpha value is -2.74. The van der Waals surface area contributed by atoms with Gasteiger partial charge in [-0.2, -0.15) is 5.10 Å². The van der Waals surface area contributed by atoms with Crippen LogP contribution in [0.1, 0.15) is 47.4 Å². The fourth-order valence-corrected chi connectivity index (χ4v) is 3.53. The molecule has 1 aliphatic heterocycles. The smallest absolute Gasteiger partial charge is 0.269 e. The molecular formula is C19H22N4O4. The van der Waals surface area contributed by atoms with Crippen molar-refractivity contribution in [2.75, 3.05) is 26.3 Å². The lowest BCUT2D eigenvalue weighted by atomic mass is 10.1. The maximum Gasteiger partial charge on any atom is 0.269 e. The highest BCUT2D eigenvalue weighted by molar-refractivity contribution is 5.97. The number of hydrogen-bond donors (Lipinski definition) is 0. The number of carbonyl (C=O) groups excluding carboxylic acids is 1. The lowest BCUT2D eigenvalue weighted by Crippen LogP contribution is -2.41. The minimum absolute atomic E-state index is 0.0187. The zero-order valence-corrected chi connectivity index (χ0v) is 15.3. The Kier molecular flexibility index (Phi) is 4.65. The lowest BCUT2D eigenvalue weighted by molar-refractivity contribution is -0.384. The Labute approximate surface area is 156 Å². The second-order valence-electron chi connectivity index (χ2n) is 6.92. The quantitative estimate of drug-likeness (QED) is 0.596. The molecule has 4 rings (SSSR count). The molecule has 1 amide bonds. The summed E-state index contributed by atoms with van der Waals surface area (Å²) in [4.78, 5) is 25.6. The van der Waals surface area contributed by atoms with Gasteiger partial charge < -0.3 is 9.64 Å². The van der Waals surface area contributed by atoms with Crippen molar-refractivity contribution in [2.24, 2.45) is 0 Å². The van der Waals surface area contributed by atoms with Gasteiger partial charge in [-0.25, -0.2) is 4.68 Å². The molecule has 142 valence electrons. The molecule has 2 fully saturated rings. The van der Waals surface area contributed by atoms with Crippen LogP contribution >= 0.6 is 0 Å². The maximum absolute atomic E-state index is 13.2. The number of ether oxygens (including phenoxy) is 1. The molecule has 2 aliphatic rings. The van der Waals surface area contributed by atoms with E-state index in [9.17, 15) is 14.9 Å². The van der Waals surface area contributed by atoms with Gasteiger partial charge in [0.2, 0.25) is 0 Å². The maximum atomic E-state index is 13.2. The largest absolute Gasteiger partial charge is 0.378 e. The standard InChI is InChI=1S/C19H22N4O4/c1-2-16-17(19(24)21-9-11-27-12-10-21)18(13-3-4-13)20-22(16)14-5-7-15(8-6-14)23(25)26/h5-8,13H,2-4,9-12H2,1H3. The van der Waals surface area contributed by atoms with Gasteiger partial charge in [-0.15, -0.1) is 0 Å². The minimum Gasteiger partial charge on any atom is -0.378 e. The van der Waals surface area contributed by atoms with E-state index in [0.29, 0.717) is 44.2 Å². The van der Waals surface area contributed by atoms with Crippen molar-refractivity contribution >= 4 is 11.6 Å². The summed E-state index contributed by atoms with van der Waals surface area (Å²) in [5.74, 6) is 0.347. The molecule has 27 heavy (non-hydrogen) atoms. The van der Waals surface area contributed by atoms with Crippen LogP contribution in [0.4, 0.5) is 5.69 Å². The van der Waals surface area contributed by atoms with E-state index >= 15 is 0 Å². The van der Waals surface area contributed by atoms with E-state index in [1.54, 1.807) is 16.8 Å². The van der Waals surface area contributed by atoms with Crippen LogP contribution in [0.15, 0.2) is 24.3 Å². The predicted octanol–water partition coefficient (Wildman–Crippen LogP) is 2.69. The Balaban J connectivity index is 1.76. The molecular weight excluding hydrogens is 348 g/mol. The van der Waals surface area contributed by atoms with Gasteiger partial charge in [0.1, 0.15) is 0 Å². The average molecular weight is 370 g/mol. The molecule has 0 bridgehead atoms. The molecule has 0 atom stereocenters. The highest BCUT2D eigenvalue weighted by atomic mass is 16.6. The molecule has 1 aromatic heterocycles. The Morgan fingerprint density at radius 3 is 2.48 bits per heavy atom. The van der Waals surface area contributed by atoms with Crippen LogP contribution in [0.3, 0.4) is 0 Å². The third-order valence-electron chi connectivity index (χ3n) is 5.12. The number of nitro benzene ring substituents is 1. The number of non-ortho nitro benzene ring substituents is 1. The number of amides is 1. The van der Waals surface area contributed by atoms with E-state index in [1.165, 1.54) is 12.1 Å². The van der Waals surface area contributed by atoms with Gasteiger partial charge >= 0.3 is 0 Å². The molecule has 1 aromatic carbocycles. The van der Waals surface area contributed by atoms with E-state index in [2.05, 4.69) is 0 Å². The third-order valence-corrected chi connectivity index (χ3v) is 5.12. The van der Waals surface area contributed by atoms with Crippen LogP contribution in [-0.4, -0.2) is 51.8 Å². The molecule has 8 heteroatoms. The summed E-state index contributed by atoms with van der Waals surface area (Å²) in [7, 11) is 0. The summed E-state index contributed by atoms with van der Waals surface area (Å²) in [6.07, 6.45) is 2.75. The molecule has 0 spiro atoms. The van der Waals surface area contributed by atoms with Gasteiger partial charge in [0.15, 0.2) is 0 Å². The Morgan fingerprint density at radius 1 is 1.26 bits per heavy atom. The molecule has 0 radical (unpaired) electrons. The summed E-state index contributed by atoms with van der Waals surface area (Å²) >= 11 is 0. The van der Waals surface area contributed by atoms with Crippen LogP contribution in [-0.2, 0) is 11.2 Å². The summed E-state index contributed by atoms with van der Waals surface area (Å²) in [6, 6.07) is 6.31. The number of carbonyl (C=O) groups is 1. The fraction of sp³-hybridized carbons (Fsp3) is 0.474. The first-order chi connectivity index (χ1) is 13.1. The highest BCUT2D eigenvalue weighted by Gasteiger charge is 2.36. The predicted molar refractivity (Wildman–Crippen MR) is 98.3 cm³/mol. The Morgan fingerprint density at radius 2 is 1.93 bits per heavy atom. The first-order valence-corrected chi connectivity index (χ1v) is 9.33. The monoisotopic (exact) mass is 370 g/mol. The molecule has 0 unspecified atom stereocenters. The number of rotatable bonds is 5. The number of hydrogen-bond acceptors (Lipinski definition) is 5. The zero-order chi connectivity index (χ0) is 19.0. The van der Waals surface area contributed by atoms with E-state index in [1.807, 2.05) is 11.8 Å². The van der Waals surface area contributed by atoms with Gasteiger partial charge in [0.05, 0.1) is 40.8 Å². The second kappa shape index (κ2) is 7.11. The van der Waals surface area contributed by atoms with E-state index in [-0.39, 0.29) is 11.6 Å². The zero-order valence-electron chi connectivity index (χ0n) is 15.3. The molecule has 1 saturated carbocycles. The van der Waals surface area contributed by atoms with Gasteiger partial charge in [0.25, 0.3) is 11.6 Å². The fourth-order valence-electron chi connectivity index (χ4n) is 3.53. The molecule has 2 heterocycles. The van der Waals surface area contributed by atoms with Gasteiger partial charge in [-0.1, -0.05) is 6.92 Å². The van der Waals surface area contributed by atoms with Crippen LogP contribution in [0.2, 0.25) is 0 Å². The topological polar surface area (TPSA) is 90.5 Å². The van der Waals surface area contributed by atoms with Crippen LogP contribution in [0, 0.1) is 10.1 Å². The number of nitro groups is 1. The summed E-state index contributed by atoms with van der Waals surface area (Å²) < 4.78 is 7.15.